The topological polar surface area (TPSA) is 122 Å². The summed E-state index contributed by atoms with van der Waals surface area (Å²) in [5, 5.41) is 11.9. The lowest BCUT2D eigenvalue weighted by Crippen LogP contribution is -2.16. The highest BCUT2D eigenvalue weighted by Crippen LogP contribution is 2.34. The van der Waals surface area contributed by atoms with Crippen molar-refractivity contribution < 1.29 is 28.6 Å². The number of aromatic nitrogens is 3. The largest absolute Gasteiger partial charge is 0.483 e. The van der Waals surface area contributed by atoms with Crippen molar-refractivity contribution in [3.8, 4) is 5.75 Å². The third kappa shape index (κ3) is 6.54. The third-order valence-corrected chi connectivity index (χ3v) is 7.97. The molecule has 2 aromatic heterocycles. The number of rotatable bonds is 9. The van der Waals surface area contributed by atoms with Gasteiger partial charge in [0.25, 0.3) is 0 Å². The summed E-state index contributed by atoms with van der Waals surface area (Å²) in [6, 6.07) is 7.97. The van der Waals surface area contributed by atoms with E-state index in [4.69, 9.17) is 14.2 Å². The molecule has 38 heavy (non-hydrogen) atoms. The first kappa shape index (κ1) is 29.2. The van der Waals surface area contributed by atoms with Gasteiger partial charge >= 0.3 is 11.9 Å². The van der Waals surface area contributed by atoms with E-state index in [0.717, 1.165) is 17.1 Å². The first-order chi connectivity index (χ1) is 17.9. The zero-order valence-electron chi connectivity index (χ0n) is 22.7. The lowest BCUT2D eigenvalue weighted by Gasteiger charge is -2.20. The van der Waals surface area contributed by atoms with Crippen LogP contribution in [0.3, 0.4) is 0 Å². The Kier molecular flexibility index (Phi) is 9.21. The van der Waals surface area contributed by atoms with Gasteiger partial charge in [-0.25, -0.2) is 9.59 Å². The Morgan fingerprint density at radius 3 is 2.29 bits per heavy atom. The molecule has 2 heterocycles. The number of thioether (sulfide) groups is 1. The molecule has 0 saturated heterocycles. The maximum absolute atomic E-state index is 12.7. The summed E-state index contributed by atoms with van der Waals surface area (Å²) in [6.45, 7) is 9.95. The molecule has 1 N–H and O–H groups in total. The summed E-state index contributed by atoms with van der Waals surface area (Å²) >= 11 is 2.14. The molecule has 3 aromatic rings. The molecule has 0 bridgehead atoms. The smallest absolute Gasteiger partial charge is 0.348 e. The van der Waals surface area contributed by atoms with Gasteiger partial charge in [-0.1, -0.05) is 44.7 Å². The van der Waals surface area contributed by atoms with Gasteiger partial charge in [-0.15, -0.1) is 21.5 Å². The van der Waals surface area contributed by atoms with Crippen molar-refractivity contribution in [3.63, 3.8) is 0 Å². The molecule has 1 amide bonds. The summed E-state index contributed by atoms with van der Waals surface area (Å²) in [7, 11) is 4.28. The number of amides is 1. The van der Waals surface area contributed by atoms with Crippen LogP contribution < -0.4 is 10.1 Å². The number of benzene rings is 1. The zero-order chi connectivity index (χ0) is 28.2. The van der Waals surface area contributed by atoms with Crippen LogP contribution in [0.2, 0.25) is 0 Å². The fourth-order valence-corrected chi connectivity index (χ4v) is 5.47. The monoisotopic (exact) mass is 560 g/mol. The standard InChI is InChI=1S/C26H32N4O6S2/c1-14-19(23(32)34-7)22(38-20(14)24(33)35-8)27-18(31)13-37-25-29-28-21(30(25)6)15(2)36-17-11-9-16(10-12-17)26(3,4)5/h9-12,15H,13H2,1-8H3,(H,27,31)/t15-/m0/s1. The number of hydrogen-bond acceptors (Lipinski definition) is 10. The molecule has 0 aliphatic rings. The minimum absolute atomic E-state index is 0.000590. The molecule has 0 spiro atoms. The fourth-order valence-electron chi connectivity index (χ4n) is 3.63. The maximum atomic E-state index is 12.7. The van der Waals surface area contributed by atoms with Crippen LogP contribution in [-0.4, -0.2) is 52.6 Å². The number of esters is 2. The number of nitrogens with zero attached hydrogens (tertiary/aromatic N) is 3. The Balaban J connectivity index is 1.66. The van der Waals surface area contributed by atoms with Gasteiger partial charge in [-0.2, -0.15) is 0 Å². The molecule has 0 unspecified atom stereocenters. The van der Waals surface area contributed by atoms with Crippen molar-refractivity contribution in [2.45, 2.75) is 51.3 Å². The van der Waals surface area contributed by atoms with Crippen molar-refractivity contribution in [2.75, 3.05) is 25.3 Å². The number of hydrogen-bond donors (Lipinski definition) is 1. The molecule has 10 nitrogen and oxygen atoms in total. The number of anilines is 1. The molecule has 0 aliphatic carbocycles. The van der Waals surface area contributed by atoms with Crippen molar-refractivity contribution in [3.05, 3.63) is 51.7 Å². The molecule has 1 aromatic carbocycles. The number of carbonyl (C=O) groups is 3. The van der Waals surface area contributed by atoms with E-state index in [1.807, 2.05) is 31.2 Å². The summed E-state index contributed by atoms with van der Waals surface area (Å²) < 4.78 is 17.4. The van der Waals surface area contributed by atoms with Crippen LogP contribution in [0, 0.1) is 6.92 Å². The molecule has 3 rings (SSSR count). The Labute approximate surface area is 230 Å². The van der Waals surface area contributed by atoms with Gasteiger partial charge in [0, 0.05) is 7.05 Å². The predicted octanol–water partition coefficient (Wildman–Crippen LogP) is 4.93. The van der Waals surface area contributed by atoms with Crippen LogP contribution in [0.15, 0.2) is 29.4 Å². The molecule has 0 saturated carbocycles. The van der Waals surface area contributed by atoms with Gasteiger partial charge < -0.3 is 24.1 Å². The summed E-state index contributed by atoms with van der Waals surface area (Å²) in [4.78, 5) is 37.3. The van der Waals surface area contributed by atoms with Crippen LogP contribution >= 0.6 is 23.1 Å². The second-order valence-electron chi connectivity index (χ2n) is 9.51. The summed E-state index contributed by atoms with van der Waals surface area (Å²) in [5.74, 6) is -0.304. The normalized spacial score (nSPS) is 12.1. The van der Waals surface area contributed by atoms with Crippen LogP contribution in [-0.2, 0) is 26.7 Å². The second-order valence-corrected chi connectivity index (χ2v) is 11.5. The van der Waals surface area contributed by atoms with E-state index in [2.05, 4.69) is 36.3 Å². The number of thiophene rings is 1. The molecular weight excluding hydrogens is 528 g/mol. The first-order valence-corrected chi connectivity index (χ1v) is 13.6. The minimum Gasteiger partial charge on any atom is -0.483 e. The first-order valence-electron chi connectivity index (χ1n) is 11.8. The van der Waals surface area contributed by atoms with Crippen molar-refractivity contribution in [2.24, 2.45) is 7.05 Å². The van der Waals surface area contributed by atoms with E-state index < -0.39 is 11.9 Å². The highest BCUT2D eigenvalue weighted by Gasteiger charge is 2.27. The molecule has 0 fully saturated rings. The Morgan fingerprint density at radius 2 is 1.71 bits per heavy atom. The van der Waals surface area contributed by atoms with Crippen LogP contribution in [0.4, 0.5) is 5.00 Å². The average molecular weight is 561 g/mol. The van der Waals surface area contributed by atoms with Crippen molar-refractivity contribution >= 4 is 45.9 Å². The molecule has 204 valence electrons. The van der Waals surface area contributed by atoms with E-state index in [9.17, 15) is 14.4 Å². The number of methoxy groups -OCH3 is 2. The molecule has 12 heteroatoms. The number of ether oxygens (including phenoxy) is 3. The van der Waals surface area contributed by atoms with Crippen molar-refractivity contribution in [1.82, 2.24) is 14.8 Å². The Bertz CT molecular complexity index is 1320. The van der Waals surface area contributed by atoms with Gasteiger partial charge in [-0.3, -0.25) is 4.79 Å². The van der Waals surface area contributed by atoms with E-state index >= 15 is 0 Å². The highest BCUT2D eigenvalue weighted by atomic mass is 32.2. The van der Waals surface area contributed by atoms with Gasteiger partial charge in [0.1, 0.15) is 15.6 Å². The SMILES string of the molecule is COC(=O)c1sc(NC(=O)CSc2nnc([C@H](C)Oc3ccc(C(C)(C)C)cc3)n2C)c(C(=O)OC)c1C. The van der Waals surface area contributed by atoms with E-state index in [0.29, 0.717) is 16.5 Å². The number of carbonyl (C=O) groups excluding carboxylic acids is 3. The van der Waals surface area contributed by atoms with Gasteiger partial charge in [0.2, 0.25) is 5.91 Å². The lowest BCUT2D eigenvalue weighted by atomic mass is 9.87. The highest BCUT2D eigenvalue weighted by molar-refractivity contribution is 7.99. The Hall–Kier alpha value is -3.38. The van der Waals surface area contributed by atoms with E-state index in [1.165, 1.54) is 31.5 Å². The molecule has 0 radical (unpaired) electrons. The minimum atomic E-state index is -0.656. The van der Waals surface area contributed by atoms with Gasteiger partial charge in [0.15, 0.2) is 17.1 Å². The lowest BCUT2D eigenvalue weighted by molar-refractivity contribution is -0.113. The van der Waals surface area contributed by atoms with Crippen LogP contribution in [0.1, 0.15) is 70.8 Å². The average Bonchev–Trinajstić information content (AvgIpc) is 3.40. The third-order valence-electron chi connectivity index (χ3n) is 5.76. The second kappa shape index (κ2) is 12.0. The Morgan fingerprint density at radius 1 is 1.08 bits per heavy atom. The van der Waals surface area contributed by atoms with Gasteiger partial charge in [-0.05, 0) is 42.5 Å². The van der Waals surface area contributed by atoms with Crippen LogP contribution in [0.25, 0.3) is 0 Å². The summed E-state index contributed by atoms with van der Waals surface area (Å²) in [6.07, 6.45) is -0.371. The molecule has 1 atom stereocenters. The van der Waals surface area contributed by atoms with Gasteiger partial charge in [0.05, 0.1) is 25.5 Å². The number of nitrogens with one attached hydrogen (secondary N) is 1. The van der Waals surface area contributed by atoms with Crippen molar-refractivity contribution in [1.29, 1.82) is 0 Å². The van der Waals surface area contributed by atoms with E-state index in [1.54, 1.807) is 18.5 Å². The van der Waals surface area contributed by atoms with Crippen LogP contribution in [0.5, 0.6) is 5.75 Å². The summed E-state index contributed by atoms with van der Waals surface area (Å²) in [5.41, 5.74) is 1.78. The molecule has 0 aliphatic heterocycles. The maximum Gasteiger partial charge on any atom is 0.348 e. The van der Waals surface area contributed by atoms with E-state index in [-0.39, 0.29) is 38.6 Å². The molecular formula is C26H32N4O6S2. The predicted molar refractivity (Wildman–Crippen MR) is 146 cm³/mol. The zero-order valence-corrected chi connectivity index (χ0v) is 24.3. The quantitative estimate of drug-likeness (QED) is 0.287. The fraction of sp³-hybridized carbons (Fsp3) is 0.423.